The Kier molecular flexibility index (Phi) is 4.85. The Morgan fingerprint density at radius 2 is 2.00 bits per heavy atom. The maximum Gasteiger partial charge on any atom is 0.244 e. The lowest BCUT2D eigenvalue weighted by Gasteiger charge is -2.25. The number of carbonyl (C=O) groups is 1. The molecule has 1 aromatic carbocycles. The summed E-state index contributed by atoms with van der Waals surface area (Å²) >= 11 is 0. The van der Waals surface area contributed by atoms with Crippen molar-refractivity contribution >= 4 is 5.91 Å². The monoisotopic (exact) mass is 319 g/mol. The number of carbonyl (C=O) groups excluding carboxylic acids is 1. The zero-order chi connectivity index (χ0) is 17.2. The van der Waals surface area contributed by atoms with Crippen LogP contribution in [-0.4, -0.2) is 27.3 Å². The Morgan fingerprint density at radius 3 is 2.52 bits per heavy atom. The van der Waals surface area contributed by atoms with Crippen LogP contribution in [0.5, 0.6) is 0 Å². The van der Waals surface area contributed by atoms with E-state index < -0.39 is 11.6 Å². The Labute approximate surface area is 135 Å². The van der Waals surface area contributed by atoms with Crippen LogP contribution in [0.3, 0.4) is 0 Å². The van der Waals surface area contributed by atoms with E-state index >= 15 is 0 Å². The second-order valence-corrected chi connectivity index (χ2v) is 6.05. The Morgan fingerprint density at radius 1 is 1.39 bits per heavy atom. The van der Waals surface area contributed by atoms with Crippen LogP contribution in [0.2, 0.25) is 0 Å². The summed E-state index contributed by atoms with van der Waals surface area (Å²) in [6.07, 6.45) is 0. The highest BCUT2D eigenvalue weighted by molar-refractivity contribution is 5.80. The van der Waals surface area contributed by atoms with Crippen LogP contribution >= 0.6 is 0 Å². The van der Waals surface area contributed by atoms with Crippen molar-refractivity contribution in [3.05, 3.63) is 53.1 Å². The first-order valence-electron chi connectivity index (χ1n) is 7.49. The minimum atomic E-state index is -1.28. The summed E-state index contributed by atoms with van der Waals surface area (Å²) in [5, 5.41) is 17.5. The first-order valence-corrected chi connectivity index (χ1v) is 7.49. The minimum Gasteiger partial charge on any atom is -0.384 e. The number of benzene rings is 1. The van der Waals surface area contributed by atoms with Gasteiger partial charge in [-0.15, -0.1) is 0 Å². The molecule has 2 atom stereocenters. The number of hydrogen-bond acceptors (Lipinski definition) is 3. The van der Waals surface area contributed by atoms with Gasteiger partial charge in [0.2, 0.25) is 5.91 Å². The molecule has 0 aliphatic carbocycles. The smallest absolute Gasteiger partial charge is 0.244 e. The van der Waals surface area contributed by atoms with Crippen molar-refractivity contribution < 1.29 is 14.3 Å². The van der Waals surface area contributed by atoms with E-state index in [1.54, 1.807) is 18.5 Å². The lowest BCUT2D eigenvalue weighted by atomic mass is 9.96. The molecule has 1 amide bonds. The molecular weight excluding hydrogens is 297 g/mol. The van der Waals surface area contributed by atoms with Gasteiger partial charge in [-0.3, -0.25) is 9.48 Å². The number of aryl methyl sites for hydroxylation is 2. The number of nitrogens with zero attached hydrogens (tertiary/aromatic N) is 2. The summed E-state index contributed by atoms with van der Waals surface area (Å²) in [5.41, 5.74) is 1.01. The number of aliphatic hydroxyl groups is 1. The van der Waals surface area contributed by atoms with Crippen molar-refractivity contribution in [3.8, 4) is 0 Å². The second-order valence-electron chi connectivity index (χ2n) is 6.05. The van der Waals surface area contributed by atoms with Crippen LogP contribution in [0.1, 0.15) is 36.8 Å². The molecule has 1 heterocycles. The normalized spacial score (nSPS) is 15.0. The fourth-order valence-corrected chi connectivity index (χ4v) is 2.47. The summed E-state index contributed by atoms with van der Waals surface area (Å²) in [5.74, 6) is -0.606. The predicted molar refractivity (Wildman–Crippen MR) is 85.4 cm³/mol. The molecule has 23 heavy (non-hydrogen) atoms. The SMILES string of the molecule is Cc1cc(C)n(C(C)C(=O)NCC(C)(O)c2ccc(F)cc2)n1. The molecule has 6 heteroatoms. The maximum atomic E-state index is 13.0. The molecule has 0 spiro atoms. The molecule has 0 radical (unpaired) electrons. The lowest BCUT2D eigenvalue weighted by Crippen LogP contribution is -2.41. The first-order chi connectivity index (χ1) is 10.7. The van der Waals surface area contributed by atoms with Gasteiger partial charge >= 0.3 is 0 Å². The van der Waals surface area contributed by atoms with Gasteiger partial charge in [-0.05, 0) is 51.5 Å². The van der Waals surface area contributed by atoms with Crippen molar-refractivity contribution in [3.63, 3.8) is 0 Å². The molecule has 1 aromatic heterocycles. The van der Waals surface area contributed by atoms with E-state index in [0.717, 1.165) is 11.4 Å². The molecular formula is C17H22FN3O2. The van der Waals surface area contributed by atoms with Crippen molar-refractivity contribution in [1.82, 2.24) is 15.1 Å². The van der Waals surface area contributed by atoms with Crippen LogP contribution in [0.25, 0.3) is 0 Å². The van der Waals surface area contributed by atoms with E-state index in [1.165, 1.54) is 24.3 Å². The minimum absolute atomic E-state index is 0.0289. The van der Waals surface area contributed by atoms with Gasteiger partial charge in [-0.1, -0.05) is 12.1 Å². The molecule has 2 aromatic rings. The largest absolute Gasteiger partial charge is 0.384 e. The second kappa shape index (κ2) is 6.50. The van der Waals surface area contributed by atoms with Crippen molar-refractivity contribution in [1.29, 1.82) is 0 Å². The topological polar surface area (TPSA) is 67.2 Å². The Balaban J connectivity index is 2.03. The molecule has 124 valence electrons. The fourth-order valence-electron chi connectivity index (χ4n) is 2.47. The van der Waals surface area contributed by atoms with E-state index in [-0.39, 0.29) is 18.3 Å². The third-order valence-corrected chi connectivity index (χ3v) is 3.86. The quantitative estimate of drug-likeness (QED) is 0.888. The lowest BCUT2D eigenvalue weighted by molar-refractivity contribution is -0.125. The Bertz CT molecular complexity index is 692. The molecule has 0 saturated heterocycles. The maximum absolute atomic E-state index is 13.0. The zero-order valence-electron chi connectivity index (χ0n) is 13.8. The van der Waals surface area contributed by atoms with E-state index in [2.05, 4.69) is 10.4 Å². The van der Waals surface area contributed by atoms with E-state index in [9.17, 15) is 14.3 Å². The standard InChI is InChI=1S/C17H22FN3O2/c1-11-9-12(2)21(20-11)13(3)16(22)19-10-17(4,23)14-5-7-15(18)8-6-14/h5-9,13,23H,10H2,1-4H3,(H,19,22). The van der Waals surface area contributed by atoms with Crippen molar-refractivity contribution in [2.45, 2.75) is 39.3 Å². The van der Waals surface area contributed by atoms with Gasteiger partial charge in [0.1, 0.15) is 17.5 Å². The van der Waals surface area contributed by atoms with Gasteiger partial charge in [0.15, 0.2) is 0 Å². The van der Waals surface area contributed by atoms with E-state index in [4.69, 9.17) is 0 Å². The van der Waals surface area contributed by atoms with Gasteiger partial charge in [-0.25, -0.2) is 4.39 Å². The summed E-state index contributed by atoms with van der Waals surface area (Å²) in [6.45, 7) is 7.11. The van der Waals surface area contributed by atoms with E-state index in [0.29, 0.717) is 5.56 Å². The predicted octanol–water partition coefficient (Wildman–Crippen LogP) is 2.22. The highest BCUT2D eigenvalue weighted by Crippen LogP contribution is 2.20. The van der Waals surface area contributed by atoms with Crippen molar-refractivity contribution in [2.75, 3.05) is 6.54 Å². The van der Waals surface area contributed by atoms with Gasteiger partial charge in [0, 0.05) is 5.69 Å². The highest BCUT2D eigenvalue weighted by atomic mass is 19.1. The highest BCUT2D eigenvalue weighted by Gasteiger charge is 2.26. The van der Waals surface area contributed by atoms with Crippen LogP contribution < -0.4 is 5.32 Å². The van der Waals surface area contributed by atoms with Gasteiger partial charge in [0.25, 0.3) is 0 Å². The molecule has 2 unspecified atom stereocenters. The summed E-state index contributed by atoms with van der Waals surface area (Å²) in [4.78, 5) is 12.3. The number of halogens is 1. The van der Waals surface area contributed by atoms with Crippen LogP contribution in [0.4, 0.5) is 4.39 Å². The molecule has 5 nitrogen and oxygen atoms in total. The van der Waals surface area contributed by atoms with Gasteiger partial charge in [-0.2, -0.15) is 5.10 Å². The molecule has 0 aliphatic heterocycles. The summed E-state index contributed by atoms with van der Waals surface area (Å²) in [6, 6.07) is 7.00. The third kappa shape index (κ3) is 3.96. The molecule has 0 saturated carbocycles. The number of amides is 1. The number of aromatic nitrogens is 2. The van der Waals surface area contributed by atoms with Crippen LogP contribution in [0, 0.1) is 19.7 Å². The van der Waals surface area contributed by atoms with Crippen LogP contribution in [0.15, 0.2) is 30.3 Å². The van der Waals surface area contributed by atoms with Gasteiger partial charge in [0.05, 0.1) is 12.2 Å². The first kappa shape index (κ1) is 17.1. The van der Waals surface area contributed by atoms with E-state index in [1.807, 2.05) is 19.9 Å². The molecule has 0 bridgehead atoms. The fraction of sp³-hybridized carbons (Fsp3) is 0.412. The average molecular weight is 319 g/mol. The number of nitrogens with one attached hydrogen (secondary N) is 1. The summed E-state index contributed by atoms with van der Waals surface area (Å²) in [7, 11) is 0. The number of hydrogen-bond donors (Lipinski definition) is 2. The Hall–Kier alpha value is -2.21. The summed E-state index contributed by atoms with van der Waals surface area (Å²) < 4.78 is 14.6. The van der Waals surface area contributed by atoms with Crippen LogP contribution in [-0.2, 0) is 10.4 Å². The molecule has 0 fully saturated rings. The average Bonchev–Trinajstić information content (AvgIpc) is 2.83. The third-order valence-electron chi connectivity index (χ3n) is 3.86. The molecule has 2 N–H and O–H groups in total. The number of rotatable bonds is 5. The zero-order valence-corrected chi connectivity index (χ0v) is 13.8. The van der Waals surface area contributed by atoms with Gasteiger partial charge < -0.3 is 10.4 Å². The molecule has 2 rings (SSSR count). The molecule has 0 aliphatic rings. The van der Waals surface area contributed by atoms with Crippen molar-refractivity contribution in [2.24, 2.45) is 0 Å².